The van der Waals surface area contributed by atoms with Gasteiger partial charge in [0.15, 0.2) is 0 Å². The van der Waals surface area contributed by atoms with Crippen LogP contribution in [0.25, 0.3) is 0 Å². The molecule has 106 valence electrons. The Balaban J connectivity index is 1.98. The lowest BCUT2D eigenvalue weighted by molar-refractivity contribution is 0.252. The van der Waals surface area contributed by atoms with E-state index in [1.807, 2.05) is 0 Å². The molecule has 19 heavy (non-hydrogen) atoms. The second kappa shape index (κ2) is 5.34. The van der Waals surface area contributed by atoms with Crippen molar-refractivity contribution >= 4 is 10.0 Å². The van der Waals surface area contributed by atoms with Crippen LogP contribution >= 0.6 is 0 Å². The van der Waals surface area contributed by atoms with E-state index >= 15 is 0 Å². The fraction of sp³-hybridized carbons (Fsp3) is 0.583. The van der Waals surface area contributed by atoms with Gasteiger partial charge in [0.2, 0.25) is 10.0 Å². The van der Waals surface area contributed by atoms with E-state index in [4.69, 9.17) is 0 Å². The molecule has 1 N–H and O–H groups in total. The Labute approximate surface area is 112 Å². The highest BCUT2D eigenvalue weighted by molar-refractivity contribution is 7.88. The zero-order chi connectivity index (χ0) is 14.0. The molecule has 1 fully saturated rings. The summed E-state index contributed by atoms with van der Waals surface area (Å²) in [5.74, 6) is 0.258. The predicted octanol–water partition coefficient (Wildman–Crippen LogP) is 0.226. The van der Waals surface area contributed by atoms with Gasteiger partial charge in [0.25, 0.3) is 5.56 Å². The fourth-order valence-electron chi connectivity index (χ4n) is 2.35. The number of aromatic hydroxyl groups is 1. The van der Waals surface area contributed by atoms with Crippen LogP contribution in [0.5, 0.6) is 5.75 Å². The summed E-state index contributed by atoms with van der Waals surface area (Å²) in [5, 5.41) is 9.18. The molecule has 0 saturated carbocycles. The average molecular weight is 286 g/mol. The quantitative estimate of drug-likeness (QED) is 0.862. The zero-order valence-corrected chi connectivity index (χ0v) is 11.6. The summed E-state index contributed by atoms with van der Waals surface area (Å²) in [7, 11) is -3.10. The Kier molecular flexibility index (Phi) is 3.96. The predicted molar refractivity (Wildman–Crippen MR) is 71.5 cm³/mol. The Morgan fingerprint density at radius 1 is 1.37 bits per heavy atom. The normalized spacial score (nSPS) is 18.6. The van der Waals surface area contributed by atoms with Crippen molar-refractivity contribution < 1.29 is 13.5 Å². The highest BCUT2D eigenvalue weighted by Gasteiger charge is 2.25. The van der Waals surface area contributed by atoms with Gasteiger partial charge in [-0.3, -0.25) is 4.79 Å². The van der Waals surface area contributed by atoms with Crippen LogP contribution in [0, 0.1) is 5.92 Å². The molecule has 2 heterocycles. The summed E-state index contributed by atoms with van der Waals surface area (Å²) in [6.07, 6.45) is 4.29. The first kappa shape index (κ1) is 14.1. The summed E-state index contributed by atoms with van der Waals surface area (Å²) in [6, 6.07) is 2.67. The highest BCUT2D eigenvalue weighted by Crippen LogP contribution is 2.20. The van der Waals surface area contributed by atoms with Crippen molar-refractivity contribution in [3.8, 4) is 5.75 Å². The maximum Gasteiger partial charge on any atom is 0.254 e. The minimum absolute atomic E-state index is 0.0341. The SMILES string of the molecule is CS(=O)(=O)N1CCC(Cn2ccc(O)cc2=O)CC1. The van der Waals surface area contributed by atoms with Gasteiger partial charge in [-0.1, -0.05) is 0 Å². The second-order valence-electron chi connectivity index (χ2n) is 4.98. The van der Waals surface area contributed by atoms with Crippen molar-refractivity contribution in [2.24, 2.45) is 5.92 Å². The van der Waals surface area contributed by atoms with Crippen LogP contribution in [0.1, 0.15) is 12.8 Å². The number of pyridine rings is 1. The smallest absolute Gasteiger partial charge is 0.254 e. The molecule has 1 saturated heterocycles. The molecular formula is C12H18N2O4S. The first-order chi connectivity index (χ1) is 8.86. The molecule has 0 aliphatic carbocycles. The number of aromatic nitrogens is 1. The van der Waals surface area contributed by atoms with E-state index in [1.165, 1.54) is 22.7 Å². The van der Waals surface area contributed by atoms with Crippen LogP contribution in [0.15, 0.2) is 23.1 Å². The molecule has 0 aromatic carbocycles. The monoisotopic (exact) mass is 286 g/mol. The van der Waals surface area contributed by atoms with Gasteiger partial charge in [0.05, 0.1) is 6.26 Å². The Morgan fingerprint density at radius 3 is 2.53 bits per heavy atom. The minimum atomic E-state index is -3.10. The summed E-state index contributed by atoms with van der Waals surface area (Å²) in [4.78, 5) is 11.6. The number of hydrogen-bond donors (Lipinski definition) is 1. The molecule has 0 radical (unpaired) electrons. The lowest BCUT2D eigenvalue weighted by Crippen LogP contribution is -2.39. The van der Waals surface area contributed by atoms with Crippen molar-refractivity contribution in [1.82, 2.24) is 8.87 Å². The molecule has 2 rings (SSSR count). The summed E-state index contributed by atoms with van der Waals surface area (Å²) >= 11 is 0. The van der Waals surface area contributed by atoms with Crippen LogP contribution in [0.3, 0.4) is 0 Å². The molecule has 0 unspecified atom stereocenters. The van der Waals surface area contributed by atoms with Gasteiger partial charge in [-0.15, -0.1) is 0 Å². The fourth-order valence-corrected chi connectivity index (χ4v) is 3.22. The number of hydrogen-bond acceptors (Lipinski definition) is 4. The molecule has 6 nitrogen and oxygen atoms in total. The van der Waals surface area contributed by atoms with E-state index in [0.717, 1.165) is 12.8 Å². The van der Waals surface area contributed by atoms with Gasteiger partial charge in [-0.05, 0) is 24.8 Å². The lowest BCUT2D eigenvalue weighted by Gasteiger charge is -2.30. The van der Waals surface area contributed by atoms with Gasteiger partial charge in [-0.2, -0.15) is 0 Å². The summed E-state index contributed by atoms with van der Waals surface area (Å²) < 4.78 is 25.8. The number of piperidine rings is 1. The van der Waals surface area contributed by atoms with Gasteiger partial charge >= 0.3 is 0 Å². The van der Waals surface area contributed by atoms with Crippen molar-refractivity contribution in [1.29, 1.82) is 0 Å². The van der Waals surface area contributed by atoms with E-state index in [-0.39, 0.29) is 11.3 Å². The summed E-state index contributed by atoms with van der Waals surface area (Å²) in [5.41, 5.74) is -0.231. The van der Waals surface area contributed by atoms with Crippen molar-refractivity contribution in [3.63, 3.8) is 0 Å². The van der Waals surface area contributed by atoms with E-state index in [1.54, 1.807) is 10.8 Å². The Hall–Kier alpha value is -1.34. The summed E-state index contributed by atoms with van der Waals surface area (Å²) in [6.45, 7) is 1.59. The molecule has 1 aromatic rings. The lowest BCUT2D eigenvalue weighted by atomic mass is 9.98. The maximum absolute atomic E-state index is 11.6. The molecule has 0 atom stereocenters. The molecular weight excluding hydrogens is 268 g/mol. The minimum Gasteiger partial charge on any atom is -0.508 e. The van der Waals surface area contributed by atoms with Crippen LogP contribution < -0.4 is 5.56 Å². The third kappa shape index (κ3) is 3.57. The Morgan fingerprint density at radius 2 is 2.00 bits per heavy atom. The molecule has 0 spiro atoms. The number of nitrogens with zero attached hydrogens (tertiary/aromatic N) is 2. The second-order valence-corrected chi connectivity index (χ2v) is 6.96. The standard InChI is InChI=1S/C12H18N2O4S/c1-19(17,18)14-6-2-10(3-7-14)9-13-5-4-11(15)8-12(13)16/h4-5,8,10,15H,2-3,6-7,9H2,1H3. The third-order valence-corrected chi connectivity index (χ3v) is 4.78. The third-order valence-electron chi connectivity index (χ3n) is 3.48. The van der Waals surface area contributed by atoms with Gasteiger partial charge in [0, 0.05) is 31.9 Å². The topological polar surface area (TPSA) is 79.6 Å². The maximum atomic E-state index is 11.6. The van der Waals surface area contributed by atoms with Crippen molar-refractivity contribution in [2.45, 2.75) is 19.4 Å². The van der Waals surface area contributed by atoms with Crippen LogP contribution in [0.2, 0.25) is 0 Å². The molecule has 1 aliphatic heterocycles. The first-order valence-corrected chi connectivity index (χ1v) is 8.05. The number of sulfonamides is 1. The van der Waals surface area contributed by atoms with Crippen LogP contribution in [-0.2, 0) is 16.6 Å². The van der Waals surface area contributed by atoms with Crippen molar-refractivity contribution in [2.75, 3.05) is 19.3 Å². The molecule has 1 aromatic heterocycles. The first-order valence-electron chi connectivity index (χ1n) is 6.21. The largest absolute Gasteiger partial charge is 0.508 e. The molecule has 1 aliphatic rings. The van der Waals surface area contributed by atoms with Gasteiger partial charge < -0.3 is 9.67 Å². The zero-order valence-electron chi connectivity index (χ0n) is 10.8. The molecule has 7 heteroatoms. The van der Waals surface area contributed by atoms with Crippen LogP contribution in [0.4, 0.5) is 0 Å². The molecule has 0 bridgehead atoms. The van der Waals surface area contributed by atoms with E-state index in [0.29, 0.717) is 25.6 Å². The Bertz CT molecular complexity index is 600. The highest BCUT2D eigenvalue weighted by atomic mass is 32.2. The molecule has 0 amide bonds. The van der Waals surface area contributed by atoms with E-state index < -0.39 is 10.0 Å². The van der Waals surface area contributed by atoms with Crippen LogP contribution in [-0.4, -0.2) is 41.7 Å². The van der Waals surface area contributed by atoms with Gasteiger partial charge in [0.1, 0.15) is 5.75 Å². The average Bonchev–Trinajstić information content (AvgIpc) is 2.32. The van der Waals surface area contributed by atoms with Gasteiger partial charge in [-0.25, -0.2) is 12.7 Å². The number of rotatable bonds is 3. The van der Waals surface area contributed by atoms with E-state index in [2.05, 4.69) is 0 Å². The van der Waals surface area contributed by atoms with E-state index in [9.17, 15) is 18.3 Å². The van der Waals surface area contributed by atoms with Crippen molar-refractivity contribution in [3.05, 3.63) is 28.7 Å².